The molecule has 0 saturated heterocycles. The molecule has 2 atom stereocenters. The van der Waals surface area contributed by atoms with Gasteiger partial charge in [-0.15, -0.1) is 0 Å². The molecule has 0 bridgehead atoms. The van der Waals surface area contributed by atoms with Crippen molar-refractivity contribution in [3.8, 4) is 0 Å². The summed E-state index contributed by atoms with van der Waals surface area (Å²) in [5, 5.41) is 0. The minimum absolute atomic E-state index is 0.351. The summed E-state index contributed by atoms with van der Waals surface area (Å²) in [6, 6.07) is 0. The fourth-order valence-electron chi connectivity index (χ4n) is 2.93. The number of rotatable bonds is 12. The first-order valence-corrected chi connectivity index (χ1v) is 11.9. The topological polar surface area (TPSA) is 40.5 Å². The number of halogens is 1. The Morgan fingerprint density at radius 1 is 0.800 bits per heavy atom. The van der Waals surface area contributed by atoms with Gasteiger partial charge in [0.25, 0.3) is 0 Å². The number of hydrogen-bond donors (Lipinski definition) is 2. The van der Waals surface area contributed by atoms with Crippen LogP contribution in [0.3, 0.4) is 0 Å². The van der Waals surface area contributed by atoms with E-state index in [9.17, 15) is 9.79 Å². The Hall–Kier alpha value is 0.640. The molecule has 4 heteroatoms. The molecular weight excluding hydrogens is 291 g/mol. The van der Waals surface area contributed by atoms with Gasteiger partial charge >= 0.3 is 131 Å². The van der Waals surface area contributed by atoms with Crippen LogP contribution in [0.1, 0.15) is 79.1 Å². The Bertz CT molecular complexity index is 229. The standard InChI is InChI=1S/C16H36ClO2P/c1-5-9-11-15(7-3)13-20(17,18,19)14-16(8-4)12-10-6-2/h15-16,18-19H,5-14H2,1-4H3. The summed E-state index contributed by atoms with van der Waals surface area (Å²) in [5.74, 6) is 0.701. The van der Waals surface area contributed by atoms with Crippen LogP contribution in [0.15, 0.2) is 0 Å². The van der Waals surface area contributed by atoms with E-state index in [-0.39, 0.29) is 0 Å². The van der Waals surface area contributed by atoms with E-state index in [1.54, 1.807) is 0 Å². The fraction of sp³-hybridized carbons (Fsp3) is 1.00. The van der Waals surface area contributed by atoms with Crippen molar-refractivity contribution in [1.29, 1.82) is 0 Å². The van der Waals surface area contributed by atoms with Crippen molar-refractivity contribution in [2.75, 3.05) is 12.3 Å². The van der Waals surface area contributed by atoms with Crippen LogP contribution in [0.4, 0.5) is 0 Å². The normalized spacial score (nSPS) is 17.4. The van der Waals surface area contributed by atoms with Crippen LogP contribution >= 0.6 is 17.7 Å². The van der Waals surface area contributed by atoms with E-state index in [1.807, 2.05) is 0 Å². The quantitative estimate of drug-likeness (QED) is 0.436. The molecule has 0 amide bonds. The molecule has 0 aromatic carbocycles. The van der Waals surface area contributed by atoms with Crippen LogP contribution in [-0.4, -0.2) is 22.1 Å². The van der Waals surface area contributed by atoms with Crippen LogP contribution in [0.2, 0.25) is 0 Å². The minimum atomic E-state index is -3.97. The molecule has 0 radical (unpaired) electrons. The van der Waals surface area contributed by atoms with Gasteiger partial charge in [-0.25, -0.2) is 0 Å². The van der Waals surface area contributed by atoms with Gasteiger partial charge in [0.1, 0.15) is 0 Å². The van der Waals surface area contributed by atoms with Gasteiger partial charge < -0.3 is 0 Å². The Morgan fingerprint density at radius 2 is 1.15 bits per heavy atom. The van der Waals surface area contributed by atoms with Gasteiger partial charge in [0.15, 0.2) is 0 Å². The van der Waals surface area contributed by atoms with E-state index in [2.05, 4.69) is 27.7 Å². The molecule has 0 fully saturated rings. The summed E-state index contributed by atoms with van der Waals surface area (Å²) in [6.07, 6.45) is 5.53. The third kappa shape index (κ3) is 9.55. The molecule has 2 unspecified atom stereocenters. The summed E-state index contributed by atoms with van der Waals surface area (Å²) in [6.45, 7) is 8.59. The molecule has 2 N–H and O–H groups in total. The molecule has 124 valence electrons. The first-order valence-electron chi connectivity index (χ1n) is 8.48. The SMILES string of the molecule is CCCCC(CC)CP(O)(O)(Cl)CC(CC)CCCC. The number of unbranched alkanes of at least 4 members (excludes halogenated alkanes) is 2. The van der Waals surface area contributed by atoms with E-state index in [0.717, 1.165) is 51.4 Å². The van der Waals surface area contributed by atoms with Crippen molar-refractivity contribution in [3.05, 3.63) is 0 Å². The molecule has 0 aromatic heterocycles. The predicted octanol–water partition coefficient (Wildman–Crippen LogP) is 5.94. The van der Waals surface area contributed by atoms with E-state index >= 15 is 0 Å². The van der Waals surface area contributed by atoms with Crippen LogP contribution in [-0.2, 0) is 0 Å². The van der Waals surface area contributed by atoms with Gasteiger partial charge in [0.05, 0.1) is 0 Å². The molecule has 0 aliphatic carbocycles. The third-order valence-electron chi connectivity index (χ3n) is 4.33. The van der Waals surface area contributed by atoms with E-state index in [4.69, 9.17) is 11.2 Å². The van der Waals surface area contributed by atoms with E-state index < -0.39 is 6.41 Å². The Labute approximate surface area is 131 Å². The summed E-state index contributed by atoms with van der Waals surface area (Å²) in [4.78, 5) is 21.3. The molecule has 0 spiro atoms. The maximum absolute atomic E-state index is 10.6. The van der Waals surface area contributed by atoms with Crippen molar-refractivity contribution in [2.24, 2.45) is 11.8 Å². The number of hydrogen-bond acceptors (Lipinski definition) is 2. The van der Waals surface area contributed by atoms with Crippen molar-refractivity contribution < 1.29 is 9.79 Å². The Kier molecular flexibility index (Phi) is 9.92. The Balaban J connectivity index is 4.58. The molecule has 2 nitrogen and oxygen atoms in total. The van der Waals surface area contributed by atoms with Gasteiger partial charge in [-0.2, -0.15) is 0 Å². The van der Waals surface area contributed by atoms with Crippen molar-refractivity contribution >= 4 is 17.7 Å². The van der Waals surface area contributed by atoms with Gasteiger partial charge in [-0.05, 0) is 0 Å². The first kappa shape index (κ1) is 20.6. The van der Waals surface area contributed by atoms with Gasteiger partial charge in [0.2, 0.25) is 0 Å². The molecule has 0 aromatic rings. The van der Waals surface area contributed by atoms with Gasteiger partial charge in [0, 0.05) is 0 Å². The summed E-state index contributed by atoms with van der Waals surface area (Å²) in [7, 11) is 0. The van der Waals surface area contributed by atoms with E-state index in [0.29, 0.717) is 24.2 Å². The van der Waals surface area contributed by atoms with Crippen LogP contribution < -0.4 is 0 Å². The second-order valence-corrected chi connectivity index (χ2v) is 12.1. The van der Waals surface area contributed by atoms with Gasteiger partial charge in [-0.3, -0.25) is 0 Å². The predicted molar refractivity (Wildman–Crippen MR) is 93.6 cm³/mol. The van der Waals surface area contributed by atoms with Crippen LogP contribution in [0.5, 0.6) is 0 Å². The maximum atomic E-state index is 10.6. The second kappa shape index (κ2) is 9.62. The molecule has 0 aliphatic heterocycles. The average Bonchev–Trinajstić information content (AvgIpc) is 2.38. The molecule has 0 aliphatic rings. The molecular formula is C16H36ClO2P. The first-order chi connectivity index (χ1) is 9.25. The van der Waals surface area contributed by atoms with Crippen LogP contribution in [0, 0.1) is 11.8 Å². The average molecular weight is 327 g/mol. The van der Waals surface area contributed by atoms with Crippen molar-refractivity contribution in [1.82, 2.24) is 0 Å². The zero-order valence-corrected chi connectivity index (χ0v) is 15.6. The molecule has 0 rings (SSSR count). The second-order valence-electron chi connectivity index (χ2n) is 6.47. The van der Waals surface area contributed by atoms with Crippen molar-refractivity contribution in [2.45, 2.75) is 79.1 Å². The molecule has 20 heavy (non-hydrogen) atoms. The zero-order valence-electron chi connectivity index (χ0n) is 13.9. The third-order valence-corrected chi connectivity index (χ3v) is 7.63. The molecule has 0 saturated carbocycles. The Morgan fingerprint density at radius 3 is 1.40 bits per heavy atom. The van der Waals surface area contributed by atoms with E-state index in [1.165, 1.54) is 0 Å². The summed E-state index contributed by atoms with van der Waals surface area (Å²) < 4.78 is 0. The summed E-state index contributed by atoms with van der Waals surface area (Å²) in [5.41, 5.74) is 0. The fourth-order valence-corrected chi connectivity index (χ4v) is 7.18. The monoisotopic (exact) mass is 326 g/mol. The van der Waals surface area contributed by atoms with Crippen LogP contribution in [0.25, 0.3) is 0 Å². The molecule has 0 heterocycles. The van der Waals surface area contributed by atoms with Crippen molar-refractivity contribution in [3.63, 3.8) is 0 Å². The zero-order chi connectivity index (χ0) is 15.7. The summed E-state index contributed by atoms with van der Waals surface area (Å²) >= 11 is 6.34. The van der Waals surface area contributed by atoms with Gasteiger partial charge in [-0.1, -0.05) is 0 Å².